The number of carboxylic acids is 1. The Labute approximate surface area is 357 Å². The van der Waals surface area contributed by atoms with E-state index in [1.807, 2.05) is 42.0 Å². The van der Waals surface area contributed by atoms with E-state index in [0.29, 0.717) is 38.6 Å². The van der Waals surface area contributed by atoms with Gasteiger partial charge in [-0.1, -0.05) is 45.5 Å². The van der Waals surface area contributed by atoms with Gasteiger partial charge in [-0.25, -0.2) is 19.7 Å². The normalized spacial score (nSPS) is 9.48. The standard InChI is InChI=1S/C8H9BrN4O.C8H10N4O.C6H8N2O2.C2H6N2O.CH3I.CH4.Br2.2HI.V/c1-4-6(13(3)8(9)10-4)7-11-5(2)12-14-7;1-5-7(12(3)4-9-5)8-10-6(2)11-13-8;1-4-5(6(9)10)8(2)3-7-4;1-2(3)4-5;1-2;;1-2;;;/h1-3H3;4H,1-3H3;3H,1-2H3,(H,9,10);5H,1H3,(H2,3,4);1H3;1H4;;2*1H;/q;;;;;;;;;+2/p-2. The molecule has 24 heteroatoms. The van der Waals surface area contributed by atoms with Crippen molar-refractivity contribution in [1.29, 1.82) is 0 Å². The average molecular weight is 1270 g/mol. The van der Waals surface area contributed by atoms with Gasteiger partial charge in [0, 0.05) is 49.4 Å². The van der Waals surface area contributed by atoms with Crippen molar-refractivity contribution in [3.05, 3.63) is 51.8 Å². The molecule has 0 aromatic carbocycles. The van der Waals surface area contributed by atoms with Crippen molar-refractivity contribution in [2.75, 3.05) is 4.93 Å². The summed E-state index contributed by atoms with van der Waals surface area (Å²) in [6, 6.07) is 0. The number of nitrogens with zero attached hydrogens (tertiary/aromatic N) is 11. The predicted molar refractivity (Wildman–Crippen MR) is 226 cm³/mol. The fourth-order valence-corrected chi connectivity index (χ4v) is 3.84. The van der Waals surface area contributed by atoms with Crippen LogP contribution in [0.4, 0.5) is 0 Å². The first-order chi connectivity index (χ1) is 23.1. The second-order valence-electron chi connectivity index (χ2n) is 8.86. The summed E-state index contributed by atoms with van der Waals surface area (Å²) in [6.45, 7) is 10.6. The average Bonchev–Trinajstić information content (AvgIpc) is 3.87. The van der Waals surface area contributed by atoms with E-state index in [1.54, 1.807) is 34.1 Å². The van der Waals surface area contributed by atoms with Crippen molar-refractivity contribution in [2.24, 2.45) is 32.0 Å². The number of aryl methyl sites for hydroxylation is 7. The van der Waals surface area contributed by atoms with Crippen LogP contribution in [0.5, 0.6) is 0 Å². The molecule has 0 atom stereocenters. The fourth-order valence-electron chi connectivity index (χ4n) is 3.39. The molecule has 0 unspecified atom stereocenters. The zero-order valence-electron chi connectivity index (χ0n) is 28.0. The van der Waals surface area contributed by atoms with Gasteiger partial charge >= 0.3 is 55.4 Å². The van der Waals surface area contributed by atoms with E-state index in [4.69, 9.17) is 25.1 Å². The Morgan fingerprint density at radius 1 is 0.860 bits per heavy atom. The third-order valence-corrected chi connectivity index (χ3v) is 5.98. The molecule has 0 saturated heterocycles. The molecule has 50 heavy (non-hydrogen) atoms. The van der Waals surface area contributed by atoms with Crippen LogP contribution in [0, 0.1) is 34.6 Å². The molecular weight excluding hydrogens is 1230 g/mol. The topological polar surface area (TPSA) is 227 Å². The van der Waals surface area contributed by atoms with E-state index in [0.717, 1.165) is 27.5 Å². The molecule has 5 rings (SSSR count). The Hall–Kier alpha value is -1.14. The Morgan fingerprint density at radius 3 is 1.50 bits per heavy atom. The number of hydrogen-bond donors (Lipinski definition) is 3. The zero-order valence-corrected chi connectivity index (χ0v) is 40.6. The number of oxime groups is 1. The number of imidazole rings is 3. The first-order valence-corrected chi connectivity index (χ1v) is 28.6. The SMILES string of the molecule is BrBr.C.C/C(N)=N/O.CI.Cc1ncn(C)c1C(=O)O.Cc1noc(-c2c(C)nc(Br)n2C)n1.Cc1noc(-c2c(C)ncn2C)n1.[I][V][I]. The Bertz CT molecular complexity index is 1670. The molecule has 5 heterocycles. The van der Waals surface area contributed by atoms with Crippen LogP contribution in [0.3, 0.4) is 0 Å². The molecule has 0 amide bonds. The van der Waals surface area contributed by atoms with Crippen molar-refractivity contribution in [2.45, 2.75) is 49.0 Å². The number of amidine groups is 1. The number of alkyl halides is 1. The van der Waals surface area contributed by atoms with E-state index in [2.05, 4.69) is 147 Å². The molecule has 0 aliphatic heterocycles. The van der Waals surface area contributed by atoms with Gasteiger partial charge in [-0.05, 0) is 62.4 Å². The summed E-state index contributed by atoms with van der Waals surface area (Å²) < 4.78 is 16.1. The predicted octanol–water partition coefficient (Wildman–Crippen LogP) is 8.26. The van der Waals surface area contributed by atoms with Gasteiger partial charge < -0.3 is 38.8 Å². The van der Waals surface area contributed by atoms with Gasteiger partial charge in [-0.3, -0.25) is 0 Å². The summed E-state index contributed by atoms with van der Waals surface area (Å²) in [5, 5.41) is 26.2. The molecule has 0 fully saturated rings. The summed E-state index contributed by atoms with van der Waals surface area (Å²) >= 11 is 15.7. The third-order valence-electron chi connectivity index (χ3n) is 5.28. The summed E-state index contributed by atoms with van der Waals surface area (Å²) in [5.74, 6) is 1.53. The molecule has 0 aliphatic rings. The zero-order chi connectivity index (χ0) is 38.4. The van der Waals surface area contributed by atoms with Crippen LogP contribution >= 0.6 is 107 Å². The van der Waals surface area contributed by atoms with Crippen LogP contribution in [-0.4, -0.2) is 76.0 Å². The van der Waals surface area contributed by atoms with Crippen LogP contribution in [0.25, 0.3) is 23.2 Å². The van der Waals surface area contributed by atoms with Gasteiger partial charge in [0.05, 0.1) is 29.7 Å². The number of aromatic nitrogens is 10. The molecule has 0 bridgehead atoms. The third kappa shape index (κ3) is 18.6. The molecule has 5 aromatic rings. The molecule has 0 aliphatic carbocycles. The number of hydrogen-bond acceptors (Lipinski definition) is 12. The number of nitrogens with two attached hydrogens (primary N) is 1. The van der Waals surface area contributed by atoms with E-state index in [9.17, 15) is 4.79 Å². The Balaban J connectivity index is -0.000000573. The van der Waals surface area contributed by atoms with Crippen molar-refractivity contribution in [1.82, 2.24) is 48.9 Å². The van der Waals surface area contributed by atoms with Crippen LogP contribution in [0.15, 0.2) is 31.6 Å². The van der Waals surface area contributed by atoms with E-state index in [1.165, 1.54) is 17.8 Å². The van der Waals surface area contributed by atoms with Crippen molar-refractivity contribution in [3.8, 4) is 23.2 Å². The minimum absolute atomic E-state index is 0. The fraction of sp³-hybridized carbons (Fsp3) is 0.423. The molecule has 0 radical (unpaired) electrons. The number of halogens is 6. The molecule has 0 spiro atoms. The summed E-state index contributed by atoms with van der Waals surface area (Å²) in [5.41, 5.74) is 9.07. The number of rotatable bonds is 3. The summed E-state index contributed by atoms with van der Waals surface area (Å²) in [7, 11) is 6.07. The molecule has 5 aromatic heterocycles. The summed E-state index contributed by atoms with van der Waals surface area (Å²) in [4.78, 5) is 32.9. The first kappa shape index (κ1) is 53.2. The van der Waals surface area contributed by atoms with Crippen molar-refractivity contribution >= 4 is 119 Å². The van der Waals surface area contributed by atoms with Gasteiger partial charge in [-0.15, -0.1) is 0 Å². The van der Waals surface area contributed by atoms with Gasteiger partial charge in [0.25, 0.3) is 11.8 Å². The number of aromatic carboxylic acids is 1. The van der Waals surface area contributed by atoms with Gasteiger partial charge in [0.15, 0.2) is 16.4 Å². The second-order valence-corrected chi connectivity index (χ2v) is 21.4. The molecule has 281 valence electrons. The second kappa shape index (κ2) is 29.3. The molecule has 17 nitrogen and oxygen atoms in total. The monoisotopic (exact) mass is 1270 g/mol. The van der Waals surface area contributed by atoms with E-state index in [-0.39, 0.29) is 19.0 Å². The summed E-state index contributed by atoms with van der Waals surface area (Å²) in [6.07, 6.45) is 3.21. The van der Waals surface area contributed by atoms with Crippen LogP contribution in [0.2, 0.25) is 0 Å². The first-order valence-electron chi connectivity index (χ1n) is 13.0. The Kier molecular flexibility index (Phi) is 31.2. The molecule has 0 saturated carbocycles. The van der Waals surface area contributed by atoms with Gasteiger partial charge in [0.2, 0.25) is 0 Å². The number of carboxylic acid groups (broad SMARTS) is 1. The van der Waals surface area contributed by atoms with Crippen LogP contribution in [-0.2, 0) is 30.6 Å². The maximum absolute atomic E-state index is 10.4. The maximum atomic E-state index is 10.4. The Morgan fingerprint density at radius 2 is 1.26 bits per heavy atom. The van der Waals surface area contributed by atoms with Crippen molar-refractivity contribution in [3.63, 3.8) is 0 Å². The minimum atomic E-state index is -0.933. The van der Waals surface area contributed by atoms with Gasteiger partial charge in [0.1, 0.15) is 22.9 Å². The molecular formula is C26H40Br3I3N12O5V. The van der Waals surface area contributed by atoms with Gasteiger partial charge in [-0.2, -0.15) is 9.97 Å². The van der Waals surface area contributed by atoms with E-state index >= 15 is 0 Å². The quantitative estimate of drug-likeness (QED) is 0.0387. The molecule has 4 N–H and O–H groups in total. The van der Waals surface area contributed by atoms with Crippen LogP contribution < -0.4 is 5.73 Å². The van der Waals surface area contributed by atoms with Crippen molar-refractivity contribution < 1.29 is 33.6 Å². The van der Waals surface area contributed by atoms with Crippen LogP contribution in [0.1, 0.15) is 53.6 Å². The van der Waals surface area contributed by atoms with E-state index < -0.39 is 5.97 Å². The number of carbonyl (C=O) groups is 1.